The maximum Gasteiger partial charge on any atom is 0.233 e. The summed E-state index contributed by atoms with van der Waals surface area (Å²) in [4.78, 5) is 0.0775. The van der Waals surface area contributed by atoms with Crippen molar-refractivity contribution in [3.63, 3.8) is 0 Å². The lowest BCUT2D eigenvalue weighted by Crippen LogP contribution is -2.58. The van der Waals surface area contributed by atoms with Crippen molar-refractivity contribution >= 4 is 15.9 Å². The van der Waals surface area contributed by atoms with E-state index in [0.717, 1.165) is 6.42 Å². The van der Waals surface area contributed by atoms with E-state index in [0.29, 0.717) is 6.61 Å². The zero-order valence-electron chi connectivity index (χ0n) is 8.08. The number of alkyl halides is 1. The van der Waals surface area contributed by atoms with Gasteiger partial charge in [0.1, 0.15) is 0 Å². The molecule has 1 aliphatic heterocycles. The molecule has 1 rings (SSSR count). The zero-order valence-corrected chi connectivity index (χ0v) is 9.67. The lowest BCUT2D eigenvalue weighted by molar-refractivity contribution is -0.346. The van der Waals surface area contributed by atoms with Gasteiger partial charge >= 0.3 is 0 Å². The molecule has 0 amide bonds. The van der Waals surface area contributed by atoms with E-state index in [9.17, 15) is 0 Å². The molecule has 4 nitrogen and oxygen atoms in total. The van der Waals surface area contributed by atoms with Gasteiger partial charge in [0.15, 0.2) is 0 Å². The van der Waals surface area contributed by atoms with E-state index in [1.165, 1.54) is 0 Å². The molecule has 0 aromatic carbocycles. The van der Waals surface area contributed by atoms with E-state index in [2.05, 4.69) is 15.9 Å². The molecule has 0 aliphatic carbocycles. The topological polar surface area (TPSA) is 36.9 Å². The molecular weight excluding hydrogens is 240 g/mol. The van der Waals surface area contributed by atoms with Gasteiger partial charge in [-0.1, -0.05) is 15.9 Å². The summed E-state index contributed by atoms with van der Waals surface area (Å²) in [5, 5.41) is 0. The third-order valence-corrected chi connectivity index (χ3v) is 3.35. The second-order valence-corrected chi connectivity index (χ2v) is 3.93. The average molecular weight is 255 g/mol. The van der Waals surface area contributed by atoms with Crippen molar-refractivity contribution in [2.75, 3.05) is 27.9 Å². The number of ether oxygens (including phenoxy) is 4. The monoisotopic (exact) mass is 254 g/mol. The van der Waals surface area contributed by atoms with Gasteiger partial charge in [-0.2, -0.15) is 0 Å². The van der Waals surface area contributed by atoms with E-state index in [4.69, 9.17) is 18.9 Å². The largest absolute Gasteiger partial charge is 0.351 e. The standard InChI is InChI=1S/C8H15BrO4/c1-10-7-8(11-2,12-3)6(9)4-5-13-7/h6-7H,4-5H2,1-3H3/t6-,7-/m0/s1. The molecule has 1 aliphatic rings. The summed E-state index contributed by atoms with van der Waals surface area (Å²) in [5.41, 5.74) is 0. The normalized spacial score (nSPS) is 33.2. The van der Waals surface area contributed by atoms with Crippen LogP contribution in [0.3, 0.4) is 0 Å². The quantitative estimate of drug-likeness (QED) is 0.559. The fourth-order valence-corrected chi connectivity index (χ4v) is 2.28. The maximum absolute atomic E-state index is 5.39. The summed E-state index contributed by atoms with van der Waals surface area (Å²) in [7, 11) is 4.74. The molecule has 0 radical (unpaired) electrons. The number of hydrogen-bond acceptors (Lipinski definition) is 4. The van der Waals surface area contributed by atoms with Crippen LogP contribution < -0.4 is 0 Å². The van der Waals surface area contributed by atoms with Crippen molar-refractivity contribution in [3.05, 3.63) is 0 Å². The van der Waals surface area contributed by atoms with Crippen LogP contribution >= 0.6 is 15.9 Å². The Labute approximate surface area is 86.6 Å². The van der Waals surface area contributed by atoms with Gasteiger partial charge in [0.2, 0.25) is 12.1 Å². The van der Waals surface area contributed by atoms with Gasteiger partial charge in [-0.25, -0.2) is 0 Å². The van der Waals surface area contributed by atoms with Crippen LogP contribution in [0.1, 0.15) is 6.42 Å². The Balaban J connectivity index is 2.81. The summed E-state index contributed by atoms with van der Waals surface area (Å²) in [5.74, 6) is -0.840. The molecule has 0 spiro atoms. The third-order valence-electron chi connectivity index (χ3n) is 2.26. The molecule has 0 bridgehead atoms. The van der Waals surface area contributed by atoms with Gasteiger partial charge < -0.3 is 18.9 Å². The first-order valence-corrected chi connectivity index (χ1v) is 5.01. The van der Waals surface area contributed by atoms with E-state index >= 15 is 0 Å². The Bertz CT molecular complexity index is 160. The van der Waals surface area contributed by atoms with Crippen molar-refractivity contribution in [1.29, 1.82) is 0 Å². The summed E-state index contributed by atoms with van der Waals surface area (Å²) in [6.07, 6.45) is 0.349. The Kier molecular flexibility index (Phi) is 4.12. The average Bonchev–Trinajstić information content (AvgIpc) is 2.18. The fourth-order valence-electron chi connectivity index (χ4n) is 1.51. The minimum Gasteiger partial charge on any atom is -0.351 e. The van der Waals surface area contributed by atoms with Crippen molar-refractivity contribution in [1.82, 2.24) is 0 Å². The summed E-state index contributed by atoms with van der Waals surface area (Å²) < 4.78 is 21.2. The molecule has 13 heavy (non-hydrogen) atoms. The van der Waals surface area contributed by atoms with Gasteiger partial charge in [0.25, 0.3) is 0 Å². The highest BCUT2D eigenvalue weighted by Crippen LogP contribution is 2.35. The highest BCUT2D eigenvalue weighted by molar-refractivity contribution is 9.09. The van der Waals surface area contributed by atoms with Crippen LogP contribution in [0.15, 0.2) is 0 Å². The fraction of sp³-hybridized carbons (Fsp3) is 1.00. The van der Waals surface area contributed by atoms with Crippen molar-refractivity contribution in [2.24, 2.45) is 0 Å². The van der Waals surface area contributed by atoms with Gasteiger partial charge in [-0.15, -0.1) is 0 Å². The molecule has 1 heterocycles. The van der Waals surface area contributed by atoms with E-state index in [1.807, 2.05) is 0 Å². The second-order valence-electron chi connectivity index (χ2n) is 2.82. The number of halogens is 1. The highest BCUT2D eigenvalue weighted by atomic mass is 79.9. The first kappa shape index (κ1) is 11.4. The van der Waals surface area contributed by atoms with Gasteiger partial charge in [0.05, 0.1) is 11.4 Å². The SMILES string of the molecule is CO[C@H]1OCC[C@H](Br)C1(OC)OC. The molecule has 0 aromatic rings. The molecule has 0 saturated carbocycles. The van der Waals surface area contributed by atoms with E-state index in [-0.39, 0.29) is 4.83 Å². The highest BCUT2D eigenvalue weighted by Gasteiger charge is 2.49. The van der Waals surface area contributed by atoms with Crippen LogP contribution in [-0.4, -0.2) is 44.8 Å². The second kappa shape index (κ2) is 4.70. The number of hydrogen-bond donors (Lipinski definition) is 0. The zero-order chi connectivity index (χ0) is 9.90. The minimum atomic E-state index is -0.840. The summed E-state index contributed by atoms with van der Waals surface area (Å²) in [6, 6.07) is 0. The predicted molar refractivity (Wildman–Crippen MR) is 50.8 cm³/mol. The van der Waals surface area contributed by atoms with Gasteiger partial charge in [0, 0.05) is 21.3 Å². The predicted octanol–water partition coefficient (Wildman–Crippen LogP) is 1.13. The molecule has 0 N–H and O–H groups in total. The van der Waals surface area contributed by atoms with Crippen LogP contribution in [0.25, 0.3) is 0 Å². The van der Waals surface area contributed by atoms with Crippen LogP contribution in [-0.2, 0) is 18.9 Å². The van der Waals surface area contributed by atoms with Gasteiger partial charge in [-0.05, 0) is 6.42 Å². The summed E-state index contributed by atoms with van der Waals surface area (Å²) >= 11 is 3.50. The molecule has 5 heteroatoms. The lowest BCUT2D eigenvalue weighted by atomic mass is 10.1. The van der Waals surface area contributed by atoms with Crippen LogP contribution in [0.4, 0.5) is 0 Å². The Morgan fingerprint density at radius 2 is 1.92 bits per heavy atom. The molecule has 1 saturated heterocycles. The van der Waals surface area contributed by atoms with Crippen molar-refractivity contribution < 1.29 is 18.9 Å². The lowest BCUT2D eigenvalue weighted by Gasteiger charge is -2.43. The van der Waals surface area contributed by atoms with Gasteiger partial charge in [-0.3, -0.25) is 0 Å². The molecule has 78 valence electrons. The smallest absolute Gasteiger partial charge is 0.233 e. The Morgan fingerprint density at radius 1 is 1.31 bits per heavy atom. The first-order chi connectivity index (χ1) is 6.21. The molecular formula is C8H15BrO4. The minimum absolute atomic E-state index is 0.0775. The van der Waals surface area contributed by atoms with Crippen molar-refractivity contribution in [3.8, 4) is 0 Å². The molecule has 0 unspecified atom stereocenters. The van der Waals surface area contributed by atoms with Crippen LogP contribution in [0, 0.1) is 0 Å². The first-order valence-electron chi connectivity index (χ1n) is 4.10. The van der Waals surface area contributed by atoms with E-state index in [1.54, 1.807) is 21.3 Å². The molecule has 0 aromatic heterocycles. The maximum atomic E-state index is 5.39. The third kappa shape index (κ3) is 1.89. The summed E-state index contributed by atoms with van der Waals surface area (Å²) in [6.45, 7) is 0.642. The molecule has 2 atom stereocenters. The van der Waals surface area contributed by atoms with Crippen LogP contribution in [0.5, 0.6) is 0 Å². The Morgan fingerprint density at radius 3 is 2.31 bits per heavy atom. The van der Waals surface area contributed by atoms with Crippen molar-refractivity contribution in [2.45, 2.75) is 23.3 Å². The Hall–Kier alpha value is 0.320. The van der Waals surface area contributed by atoms with Crippen LogP contribution in [0.2, 0.25) is 0 Å². The van der Waals surface area contributed by atoms with E-state index < -0.39 is 12.1 Å². The molecule has 1 fully saturated rings. The number of rotatable bonds is 3. The number of methoxy groups -OCH3 is 3.